The molecular weight excluding hydrogens is 462 g/mol. The highest BCUT2D eigenvalue weighted by molar-refractivity contribution is 6.10. The molecule has 38 heavy (non-hydrogen) atoms. The molecule has 0 aliphatic heterocycles. The minimum Gasteiger partial charge on any atom is -0.309 e. The first-order chi connectivity index (χ1) is 18.4. The van der Waals surface area contributed by atoms with Crippen LogP contribution in [0.25, 0.3) is 44.6 Å². The molecule has 0 saturated carbocycles. The minimum atomic E-state index is 0.427. The average molecular weight is 499 g/mol. The van der Waals surface area contributed by atoms with Crippen molar-refractivity contribution in [1.29, 1.82) is 0 Å². The molecule has 3 heteroatoms. The van der Waals surface area contributed by atoms with Crippen LogP contribution in [-0.2, 0) is 7.05 Å². The predicted molar refractivity (Wildman–Crippen MR) is 160 cm³/mol. The Hall–Kier alpha value is -4.11. The zero-order valence-corrected chi connectivity index (χ0v) is 23.2. The van der Waals surface area contributed by atoms with Gasteiger partial charge in [0, 0.05) is 27.6 Å². The largest absolute Gasteiger partial charge is 0.309 e. The molecule has 0 N–H and O–H groups in total. The molecule has 0 aliphatic rings. The van der Waals surface area contributed by atoms with Crippen molar-refractivity contribution in [2.75, 3.05) is 0 Å². The van der Waals surface area contributed by atoms with Gasteiger partial charge in [0.1, 0.15) is 18.1 Å². The Balaban J connectivity index is 1.67. The molecule has 4 aromatic carbocycles. The summed E-state index contributed by atoms with van der Waals surface area (Å²) in [5.74, 6) is 2.06. The highest BCUT2D eigenvalue weighted by Crippen LogP contribution is 2.38. The predicted octanol–water partition coefficient (Wildman–Crippen LogP) is 8.62. The van der Waals surface area contributed by atoms with Gasteiger partial charge in [0.15, 0.2) is 0 Å². The lowest BCUT2D eigenvalue weighted by molar-refractivity contribution is -0.659. The fourth-order valence-electron chi connectivity index (χ4n) is 5.98. The van der Waals surface area contributed by atoms with E-state index in [9.17, 15) is 0 Å². The van der Waals surface area contributed by atoms with Crippen molar-refractivity contribution in [2.24, 2.45) is 7.05 Å². The van der Waals surface area contributed by atoms with Crippen LogP contribution in [0.15, 0.2) is 97.3 Å². The third-order valence-corrected chi connectivity index (χ3v) is 7.86. The Labute approximate surface area is 225 Å². The van der Waals surface area contributed by atoms with Crippen molar-refractivity contribution in [3.05, 3.63) is 114 Å². The van der Waals surface area contributed by atoms with Crippen LogP contribution in [0.3, 0.4) is 0 Å². The van der Waals surface area contributed by atoms with Crippen LogP contribution in [-0.4, -0.2) is 9.13 Å². The van der Waals surface area contributed by atoms with Crippen molar-refractivity contribution in [3.8, 4) is 22.8 Å². The van der Waals surface area contributed by atoms with Gasteiger partial charge in [0.05, 0.1) is 23.6 Å². The quantitative estimate of drug-likeness (QED) is 0.211. The van der Waals surface area contributed by atoms with Gasteiger partial charge in [-0.1, -0.05) is 82.3 Å². The maximum atomic E-state index is 2.43. The van der Waals surface area contributed by atoms with E-state index >= 15 is 0 Å². The molecule has 2 aromatic heterocycles. The second-order valence-electron chi connectivity index (χ2n) is 11.1. The lowest BCUT2D eigenvalue weighted by atomic mass is 9.92. The summed E-state index contributed by atoms with van der Waals surface area (Å²) in [6.07, 6.45) is 4.42. The van der Waals surface area contributed by atoms with Gasteiger partial charge in [-0.3, -0.25) is 0 Å². The molecule has 0 saturated heterocycles. The van der Waals surface area contributed by atoms with E-state index < -0.39 is 0 Å². The molecule has 0 atom stereocenters. The van der Waals surface area contributed by atoms with Crippen LogP contribution in [0.4, 0.5) is 0 Å². The summed E-state index contributed by atoms with van der Waals surface area (Å²) in [4.78, 5) is 0. The Morgan fingerprint density at radius 3 is 2.03 bits per heavy atom. The molecule has 0 radical (unpaired) electrons. The van der Waals surface area contributed by atoms with E-state index in [-0.39, 0.29) is 0 Å². The third kappa shape index (κ3) is 3.77. The molecule has 3 nitrogen and oxygen atoms in total. The number of aromatic nitrogens is 3. The van der Waals surface area contributed by atoms with Crippen LogP contribution < -0.4 is 4.57 Å². The number of aryl methyl sites for hydroxylation is 2. The molecule has 190 valence electrons. The van der Waals surface area contributed by atoms with Gasteiger partial charge in [-0.25, -0.2) is 4.57 Å². The summed E-state index contributed by atoms with van der Waals surface area (Å²) < 4.78 is 7.09. The topological polar surface area (TPSA) is 13.7 Å². The van der Waals surface area contributed by atoms with E-state index in [1.807, 2.05) is 0 Å². The molecule has 0 spiro atoms. The SMILES string of the molecule is Cc1cc2c(cc1-c1n(-c3c(C(C)C)cccc3C(C)C)cc[n+]1C)c1ccccc1n2-c1ccccc1. The normalized spacial score (nSPS) is 11.9. The van der Waals surface area contributed by atoms with E-state index in [4.69, 9.17) is 0 Å². The van der Waals surface area contributed by atoms with Gasteiger partial charge in [-0.05, 0) is 54.7 Å². The van der Waals surface area contributed by atoms with E-state index in [1.54, 1.807) is 0 Å². The van der Waals surface area contributed by atoms with Crippen LogP contribution in [0.5, 0.6) is 0 Å². The summed E-state index contributed by atoms with van der Waals surface area (Å²) in [7, 11) is 2.16. The van der Waals surface area contributed by atoms with Crippen molar-refractivity contribution in [2.45, 2.75) is 46.5 Å². The second-order valence-corrected chi connectivity index (χ2v) is 11.1. The van der Waals surface area contributed by atoms with Crippen molar-refractivity contribution in [3.63, 3.8) is 0 Å². The molecule has 6 aromatic rings. The number of imidazole rings is 1. The van der Waals surface area contributed by atoms with E-state index in [1.165, 1.54) is 61.3 Å². The van der Waals surface area contributed by atoms with Crippen LogP contribution >= 0.6 is 0 Å². The first-order valence-corrected chi connectivity index (χ1v) is 13.7. The highest BCUT2D eigenvalue weighted by atomic mass is 15.1. The molecule has 0 aliphatic carbocycles. The first-order valence-electron chi connectivity index (χ1n) is 13.7. The Bertz CT molecular complexity index is 1760. The number of hydrogen-bond donors (Lipinski definition) is 0. The maximum absolute atomic E-state index is 2.43. The second kappa shape index (κ2) is 9.33. The summed E-state index contributed by atoms with van der Waals surface area (Å²) in [5.41, 5.74) is 10.3. The van der Waals surface area contributed by atoms with E-state index in [2.05, 4.69) is 153 Å². The maximum Gasteiger partial charge on any atom is 0.294 e. The van der Waals surface area contributed by atoms with Crippen molar-refractivity contribution >= 4 is 21.8 Å². The highest BCUT2D eigenvalue weighted by Gasteiger charge is 2.27. The van der Waals surface area contributed by atoms with Gasteiger partial charge >= 0.3 is 0 Å². The average Bonchev–Trinajstić information content (AvgIpc) is 3.45. The molecule has 2 heterocycles. The Morgan fingerprint density at radius 2 is 1.34 bits per heavy atom. The summed E-state index contributed by atoms with van der Waals surface area (Å²) in [6.45, 7) is 11.4. The van der Waals surface area contributed by atoms with E-state index in [0.717, 1.165) is 0 Å². The lowest BCUT2D eigenvalue weighted by Crippen LogP contribution is -2.29. The number of hydrogen-bond acceptors (Lipinski definition) is 0. The fourth-order valence-corrected chi connectivity index (χ4v) is 5.98. The van der Waals surface area contributed by atoms with Crippen molar-refractivity contribution < 1.29 is 4.57 Å². The molecule has 0 fully saturated rings. The molecular formula is C35H36N3+. The number of nitrogens with zero attached hydrogens (tertiary/aromatic N) is 3. The Morgan fingerprint density at radius 1 is 0.684 bits per heavy atom. The molecule has 0 bridgehead atoms. The molecule has 0 amide bonds. The van der Waals surface area contributed by atoms with Crippen LogP contribution in [0.2, 0.25) is 0 Å². The van der Waals surface area contributed by atoms with Gasteiger partial charge in [0.25, 0.3) is 5.82 Å². The third-order valence-electron chi connectivity index (χ3n) is 7.86. The molecule has 0 unspecified atom stereocenters. The Kier molecular flexibility index (Phi) is 5.95. The number of fused-ring (bicyclic) bond motifs is 3. The minimum absolute atomic E-state index is 0.427. The van der Waals surface area contributed by atoms with E-state index in [0.29, 0.717) is 11.8 Å². The van der Waals surface area contributed by atoms with Crippen molar-refractivity contribution in [1.82, 2.24) is 9.13 Å². The summed E-state index contributed by atoms with van der Waals surface area (Å²) >= 11 is 0. The standard InChI is InChI=1S/C35H36N3/c1-23(2)27-16-12-17-28(24(3)4)34(27)37-20-19-36(6)35(37)30-22-31-29-15-10-11-18-32(29)38(33(31)21-25(30)5)26-13-8-7-9-14-26/h7-24H,1-6H3/q+1. The van der Waals surface area contributed by atoms with Gasteiger partial charge in [-0.2, -0.15) is 4.57 Å². The zero-order valence-electron chi connectivity index (χ0n) is 23.2. The number of rotatable bonds is 5. The lowest BCUT2D eigenvalue weighted by Gasteiger charge is -2.18. The smallest absolute Gasteiger partial charge is 0.294 e. The summed E-state index contributed by atoms with van der Waals surface area (Å²) in [5, 5.41) is 2.55. The van der Waals surface area contributed by atoms with Crippen LogP contribution in [0, 0.1) is 6.92 Å². The number of benzene rings is 4. The van der Waals surface area contributed by atoms with Gasteiger partial charge in [-0.15, -0.1) is 0 Å². The monoisotopic (exact) mass is 498 g/mol. The number of para-hydroxylation sites is 3. The molecule has 6 rings (SSSR count). The fraction of sp³-hybridized carbons (Fsp3) is 0.229. The van der Waals surface area contributed by atoms with Crippen LogP contribution in [0.1, 0.15) is 56.2 Å². The van der Waals surface area contributed by atoms with Gasteiger partial charge < -0.3 is 4.57 Å². The van der Waals surface area contributed by atoms with Gasteiger partial charge in [0.2, 0.25) is 0 Å². The zero-order chi connectivity index (χ0) is 26.6. The first kappa shape index (κ1) is 24.2. The summed E-state index contributed by atoms with van der Waals surface area (Å²) in [6, 6.07) is 31.0.